The highest BCUT2D eigenvalue weighted by Crippen LogP contribution is 2.30. The first kappa shape index (κ1) is 9.58. The number of anilines is 1. The molecule has 0 aliphatic carbocycles. The van der Waals surface area contributed by atoms with E-state index >= 15 is 0 Å². The number of benzene rings is 1. The van der Waals surface area contributed by atoms with Gasteiger partial charge in [0.2, 0.25) is 0 Å². The lowest BCUT2D eigenvalue weighted by molar-refractivity contribution is 0.0699. The lowest BCUT2D eigenvalue weighted by atomic mass is 10.1. The summed E-state index contributed by atoms with van der Waals surface area (Å²) in [4.78, 5) is 11.0. The smallest absolute Gasteiger partial charge is 0.336 e. The highest BCUT2D eigenvalue weighted by molar-refractivity contribution is 6.05. The molecule has 0 spiro atoms. The van der Waals surface area contributed by atoms with Crippen molar-refractivity contribution < 1.29 is 14.3 Å². The predicted octanol–water partition coefficient (Wildman–Crippen LogP) is 2.33. The Morgan fingerprint density at radius 1 is 1.40 bits per heavy atom. The molecule has 0 aliphatic heterocycles. The molecule has 0 saturated carbocycles. The minimum Gasteiger partial charge on any atom is -0.478 e. The molecule has 0 radical (unpaired) electrons. The third kappa shape index (κ3) is 1.34. The van der Waals surface area contributed by atoms with Gasteiger partial charge in [0.1, 0.15) is 11.3 Å². The Labute approximate surface area is 86.3 Å². The van der Waals surface area contributed by atoms with E-state index < -0.39 is 5.97 Å². The molecule has 2 aromatic rings. The van der Waals surface area contributed by atoms with E-state index in [1.54, 1.807) is 13.0 Å². The molecule has 0 saturated heterocycles. The van der Waals surface area contributed by atoms with Gasteiger partial charge in [0.05, 0.1) is 5.56 Å². The van der Waals surface area contributed by atoms with Crippen LogP contribution in [0.15, 0.2) is 16.5 Å². The summed E-state index contributed by atoms with van der Waals surface area (Å²) < 4.78 is 5.43. The van der Waals surface area contributed by atoms with Crippen molar-refractivity contribution in [1.29, 1.82) is 0 Å². The first-order valence-electron chi connectivity index (χ1n) is 4.53. The van der Waals surface area contributed by atoms with Crippen LogP contribution in [0.25, 0.3) is 11.0 Å². The topological polar surface area (TPSA) is 76.5 Å². The molecular weight excluding hydrogens is 194 g/mol. The number of carboxylic acid groups (broad SMARTS) is 1. The quantitative estimate of drug-likeness (QED) is 0.700. The van der Waals surface area contributed by atoms with Gasteiger partial charge in [-0.2, -0.15) is 0 Å². The number of hydrogen-bond donors (Lipinski definition) is 2. The molecule has 0 amide bonds. The highest BCUT2D eigenvalue weighted by Gasteiger charge is 2.16. The van der Waals surface area contributed by atoms with Gasteiger partial charge < -0.3 is 15.3 Å². The van der Waals surface area contributed by atoms with E-state index in [1.165, 1.54) is 6.07 Å². The van der Waals surface area contributed by atoms with Crippen molar-refractivity contribution in [3.8, 4) is 0 Å². The van der Waals surface area contributed by atoms with E-state index in [-0.39, 0.29) is 5.56 Å². The summed E-state index contributed by atoms with van der Waals surface area (Å²) in [5.41, 5.74) is 7.57. The number of furan rings is 1. The normalized spacial score (nSPS) is 10.8. The fourth-order valence-corrected chi connectivity index (χ4v) is 1.69. The average molecular weight is 205 g/mol. The number of aryl methyl sites for hydroxylation is 2. The third-order valence-corrected chi connectivity index (χ3v) is 2.52. The maximum absolute atomic E-state index is 11.0. The zero-order chi connectivity index (χ0) is 11.2. The molecule has 0 fully saturated rings. The molecular formula is C11H11NO3. The molecule has 15 heavy (non-hydrogen) atoms. The number of aromatic carboxylic acids is 1. The average Bonchev–Trinajstić information content (AvgIpc) is 2.41. The number of carboxylic acids is 1. The Balaban J connectivity index is 2.94. The van der Waals surface area contributed by atoms with Crippen LogP contribution in [0.3, 0.4) is 0 Å². The number of hydrogen-bond acceptors (Lipinski definition) is 3. The lowest BCUT2D eigenvalue weighted by Crippen LogP contribution is -1.99. The summed E-state index contributed by atoms with van der Waals surface area (Å²) in [5, 5.41) is 9.68. The van der Waals surface area contributed by atoms with Crippen LogP contribution in [0.4, 0.5) is 5.69 Å². The zero-order valence-corrected chi connectivity index (χ0v) is 8.50. The summed E-state index contributed by atoms with van der Waals surface area (Å²) in [7, 11) is 0. The predicted molar refractivity (Wildman–Crippen MR) is 57.1 cm³/mol. The molecule has 78 valence electrons. The monoisotopic (exact) mass is 205 g/mol. The van der Waals surface area contributed by atoms with Crippen molar-refractivity contribution >= 4 is 22.6 Å². The first-order valence-corrected chi connectivity index (χ1v) is 4.53. The van der Waals surface area contributed by atoms with Crippen LogP contribution >= 0.6 is 0 Å². The number of fused-ring (bicyclic) bond motifs is 1. The fourth-order valence-electron chi connectivity index (χ4n) is 1.69. The van der Waals surface area contributed by atoms with Crippen LogP contribution in [-0.4, -0.2) is 11.1 Å². The Morgan fingerprint density at radius 2 is 2.07 bits per heavy atom. The molecule has 4 nitrogen and oxygen atoms in total. The number of nitrogens with two attached hydrogens (primary N) is 1. The van der Waals surface area contributed by atoms with Crippen LogP contribution in [0.2, 0.25) is 0 Å². The van der Waals surface area contributed by atoms with Crippen molar-refractivity contribution in [2.24, 2.45) is 0 Å². The van der Waals surface area contributed by atoms with Crippen molar-refractivity contribution in [2.45, 2.75) is 13.8 Å². The molecule has 0 unspecified atom stereocenters. The van der Waals surface area contributed by atoms with Gasteiger partial charge in [-0.15, -0.1) is 0 Å². The molecule has 3 N–H and O–H groups in total. The van der Waals surface area contributed by atoms with E-state index in [1.807, 2.05) is 6.92 Å². The fraction of sp³-hybridized carbons (Fsp3) is 0.182. The van der Waals surface area contributed by atoms with Crippen molar-refractivity contribution in [1.82, 2.24) is 0 Å². The van der Waals surface area contributed by atoms with E-state index in [0.717, 1.165) is 11.3 Å². The molecule has 2 rings (SSSR count). The summed E-state index contributed by atoms with van der Waals surface area (Å²) in [6.07, 6.45) is 0. The van der Waals surface area contributed by atoms with Crippen LogP contribution in [0, 0.1) is 13.8 Å². The minimum absolute atomic E-state index is 0.194. The second-order valence-electron chi connectivity index (χ2n) is 3.53. The summed E-state index contributed by atoms with van der Waals surface area (Å²) in [6.45, 7) is 3.64. The number of carbonyl (C=O) groups is 1. The van der Waals surface area contributed by atoms with E-state index in [2.05, 4.69) is 0 Å². The zero-order valence-electron chi connectivity index (χ0n) is 8.50. The van der Waals surface area contributed by atoms with E-state index in [4.69, 9.17) is 15.3 Å². The third-order valence-electron chi connectivity index (χ3n) is 2.52. The van der Waals surface area contributed by atoms with Crippen molar-refractivity contribution in [2.75, 3.05) is 5.73 Å². The van der Waals surface area contributed by atoms with Crippen molar-refractivity contribution in [3.63, 3.8) is 0 Å². The number of rotatable bonds is 1. The lowest BCUT2D eigenvalue weighted by Gasteiger charge is -1.99. The van der Waals surface area contributed by atoms with Crippen LogP contribution in [0.5, 0.6) is 0 Å². The summed E-state index contributed by atoms with van der Waals surface area (Å²) in [5.74, 6) is -0.269. The van der Waals surface area contributed by atoms with Crippen LogP contribution < -0.4 is 5.73 Å². The molecule has 1 aromatic heterocycles. The molecule has 0 atom stereocenters. The maximum atomic E-state index is 11.0. The number of nitrogen functional groups attached to an aromatic ring is 1. The van der Waals surface area contributed by atoms with Gasteiger partial charge in [-0.05, 0) is 25.5 Å². The van der Waals surface area contributed by atoms with Crippen LogP contribution in [-0.2, 0) is 0 Å². The Kier molecular flexibility index (Phi) is 1.93. The first-order chi connectivity index (χ1) is 7.00. The molecule has 0 bridgehead atoms. The SMILES string of the molecule is Cc1oc2cc(N)cc(C(=O)O)c2c1C. The van der Waals surface area contributed by atoms with E-state index in [0.29, 0.717) is 16.7 Å². The van der Waals surface area contributed by atoms with Crippen LogP contribution in [0.1, 0.15) is 21.7 Å². The summed E-state index contributed by atoms with van der Waals surface area (Å²) >= 11 is 0. The molecule has 1 aromatic carbocycles. The molecule has 1 heterocycles. The van der Waals surface area contributed by atoms with Gasteiger partial charge in [-0.1, -0.05) is 0 Å². The highest BCUT2D eigenvalue weighted by atomic mass is 16.4. The minimum atomic E-state index is -0.990. The summed E-state index contributed by atoms with van der Waals surface area (Å²) in [6, 6.07) is 3.09. The molecule has 4 heteroatoms. The largest absolute Gasteiger partial charge is 0.478 e. The van der Waals surface area contributed by atoms with Crippen molar-refractivity contribution in [3.05, 3.63) is 29.0 Å². The molecule has 0 aliphatic rings. The second kappa shape index (κ2) is 3.02. The van der Waals surface area contributed by atoms with Gasteiger partial charge >= 0.3 is 5.97 Å². The Hall–Kier alpha value is -1.97. The standard InChI is InChI=1S/C11H11NO3/c1-5-6(2)15-9-4-7(12)3-8(10(5)9)11(13)14/h3-4H,12H2,1-2H3,(H,13,14). The maximum Gasteiger partial charge on any atom is 0.336 e. The van der Waals surface area contributed by atoms with E-state index in [9.17, 15) is 4.79 Å². The van der Waals surface area contributed by atoms with Gasteiger partial charge in [0.25, 0.3) is 0 Å². The van der Waals surface area contributed by atoms with Gasteiger partial charge in [0, 0.05) is 17.1 Å². The van der Waals surface area contributed by atoms with Gasteiger partial charge in [-0.3, -0.25) is 0 Å². The van der Waals surface area contributed by atoms with Gasteiger partial charge in [-0.25, -0.2) is 4.79 Å². The Morgan fingerprint density at radius 3 is 2.67 bits per heavy atom. The Bertz CT molecular complexity index is 554. The second-order valence-corrected chi connectivity index (χ2v) is 3.53. The van der Waals surface area contributed by atoms with Gasteiger partial charge in [0.15, 0.2) is 0 Å².